The van der Waals surface area contributed by atoms with E-state index in [2.05, 4.69) is 0 Å². The molecule has 168 valence electrons. The van der Waals surface area contributed by atoms with Crippen LogP contribution < -0.4 is 10.2 Å². The van der Waals surface area contributed by atoms with E-state index in [0.717, 1.165) is 0 Å². The second-order valence-corrected chi connectivity index (χ2v) is 7.14. The van der Waals surface area contributed by atoms with Gasteiger partial charge in [0.05, 0.1) is 25.7 Å². The van der Waals surface area contributed by atoms with E-state index in [4.69, 9.17) is 18.6 Å². The summed E-state index contributed by atoms with van der Waals surface area (Å²) in [5.74, 6) is -2.28. The van der Waals surface area contributed by atoms with Crippen molar-refractivity contribution in [3.63, 3.8) is 0 Å². The second-order valence-electron chi connectivity index (χ2n) is 7.14. The molecular weight excluding hydrogens is 412 g/mol. The number of rotatable bonds is 9. The minimum absolute atomic E-state index is 0.120. The molecule has 7 nitrogen and oxygen atoms in total. The fourth-order valence-corrected chi connectivity index (χ4v) is 3.64. The van der Waals surface area contributed by atoms with Crippen LogP contribution in [0.2, 0.25) is 0 Å². The first kappa shape index (κ1) is 23.1. The predicted molar refractivity (Wildman–Crippen MR) is 119 cm³/mol. The van der Waals surface area contributed by atoms with E-state index in [1.807, 2.05) is 0 Å². The van der Waals surface area contributed by atoms with Crippen molar-refractivity contribution in [1.29, 1.82) is 0 Å². The van der Waals surface area contributed by atoms with Gasteiger partial charge < -0.3 is 18.6 Å². The smallest absolute Gasteiger partial charge is 0.320 e. The van der Waals surface area contributed by atoms with Gasteiger partial charge in [-0.25, -0.2) is 0 Å². The molecule has 1 heterocycles. The molecule has 2 aromatic carbocycles. The summed E-state index contributed by atoms with van der Waals surface area (Å²) >= 11 is 0. The van der Waals surface area contributed by atoms with Crippen LogP contribution in [0.5, 0.6) is 5.75 Å². The number of ether oxygens (including phenoxy) is 3. The van der Waals surface area contributed by atoms with Crippen LogP contribution in [0.15, 0.2) is 63.8 Å². The van der Waals surface area contributed by atoms with E-state index in [1.165, 1.54) is 6.07 Å². The first-order valence-electron chi connectivity index (χ1n) is 10.5. The van der Waals surface area contributed by atoms with Gasteiger partial charge in [0, 0.05) is 18.4 Å². The quantitative estimate of drug-likeness (QED) is 0.370. The Kier molecular flexibility index (Phi) is 7.65. The number of esters is 2. The first-order chi connectivity index (χ1) is 15.5. The number of para-hydroxylation sites is 1. The van der Waals surface area contributed by atoms with E-state index < -0.39 is 23.8 Å². The number of benzene rings is 2. The van der Waals surface area contributed by atoms with Gasteiger partial charge in [0.1, 0.15) is 17.1 Å². The Hall–Kier alpha value is -3.61. The molecule has 3 aromatic rings. The number of hydrogen-bond donors (Lipinski definition) is 0. The molecule has 7 heteroatoms. The number of fused-ring (bicyclic) bond motifs is 1. The molecule has 0 aliphatic rings. The zero-order valence-corrected chi connectivity index (χ0v) is 18.3. The molecule has 0 bridgehead atoms. The Morgan fingerprint density at radius 3 is 2.16 bits per heavy atom. The lowest BCUT2D eigenvalue weighted by Gasteiger charge is -2.24. The normalized spacial score (nSPS) is 11.9. The lowest BCUT2D eigenvalue weighted by atomic mass is 9.82. The summed E-state index contributed by atoms with van der Waals surface area (Å²) in [6.07, 6.45) is 0.120. The Bertz CT molecular complexity index is 1110. The van der Waals surface area contributed by atoms with E-state index in [-0.39, 0.29) is 25.1 Å². The fourth-order valence-electron chi connectivity index (χ4n) is 3.64. The zero-order valence-electron chi connectivity index (χ0n) is 18.3. The fraction of sp³-hybridized carbons (Fsp3) is 0.320. The summed E-state index contributed by atoms with van der Waals surface area (Å²) < 4.78 is 21.5. The Morgan fingerprint density at radius 1 is 0.938 bits per heavy atom. The van der Waals surface area contributed by atoms with Gasteiger partial charge in [0.25, 0.3) is 0 Å². The van der Waals surface area contributed by atoms with Crippen LogP contribution in [-0.4, -0.2) is 32.3 Å². The molecule has 0 radical (unpaired) electrons. The predicted octanol–water partition coefficient (Wildman–Crippen LogP) is 3.87. The maximum Gasteiger partial charge on any atom is 0.320 e. The molecule has 0 saturated carbocycles. The van der Waals surface area contributed by atoms with Gasteiger partial charge in [-0.2, -0.15) is 0 Å². The lowest BCUT2D eigenvalue weighted by Crippen LogP contribution is -2.34. The maximum atomic E-state index is 12.8. The standard InChI is InChI=1S/C25H26O7/c1-4-30-24(27)23(25(28)31-5-2)20(16-10-12-17(29-3)13-11-16)14-18-15-21(26)19-8-6-7-9-22(19)32-18/h6-13,15,20,23H,4-5,14H2,1-3H3. The Balaban J connectivity index is 2.09. The third-order valence-corrected chi connectivity index (χ3v) is 5.13. The zero-order chi connectivity index (χ0) is 23.1. The highest BCUT2D eigenvalue weighted by atomic mass is 16.6. The highest BCUT2D eigenvalue weighted by Gasteiger charge is 2.39. The molecule has 1 unspecified atom stereocenters. The van der Waals surface area contributed by atoms with Crippen molar-refractivity contribution in [3.8, 4) is 5.75 Å². The van der Waals surface area contributed by atoms with Crippen molar-refractivity contribution in [2.75, 3.05) is 20.3 Å². The lowest BCUT2D eigenvalue weighted by molar-refractivity contribution is -0.162. The Labute approximate surface area is 185 Å². The van der Waals surface area contributed by atoms with E-state index in [1.54, 1.807) is 69.5 Å². The largest absolute Gasteiger partial charge is 0.497 e. The van der Waals surface area contributed by atoms with Gasteiger partial charge in [-0.15, -0.1) is 0 Å². The number of methoxy groups -OCH3 is 1. The molecule has 1 atom stereocenters. The van der Waals surface area contributed by atoms with Crippen LogP contribution in [0, 0.1) is 5.92 Å². The highest BCUT2D eigenvalue weighted by Crippen LogP contribution is 2.32. The maximum absolute atomic E-state index is 12.8. The minimum atomic E-state index is -1.22. The van der Waals surface area contributed by atoms with Gasteiger partial charge >= 0.3 is 11.9 Å². The molecule has 0 amide bonds. The SMILES string of the molecule is CCOC(=O)C(C(=O)OCC)C(Cc1cc(=O)c2ccccc2o1)c1ccc(OC)cc1. The van der Waals surface area contributed by atoms with Crippen molar-refractivity contribution in [2.24, 2.45) is 5.92 Å². The van der Waals surface area contributed by atoms with Crippen LogP contribution in [-0.2, 0) is 25.5 Å². The molecule has 0 aliphatic heterocycles. The van der Waals surface area contributed by atoms with Gasteiger partial charge in [0.15, 0.2) is 11.3 Å². The molecule has 0 N–H and O–H groups in total. The molecule has 3 rings (SSSR count). The third kappa shape index (κ3) is 5.17. The van der Waals surface area contributed by atoms with E-state index in [9.17, 15) is 14.4 Å². The van der Waals surface area contributed by atoms with Gasteiger partial charge in [0.2, 0.25) is 0 Å². The van der Waals surface area contributed by atoms with Gasteiger partial charge in [-0.05, 0) is 43.7 Å². The summed E-state index contributed by atoms with van der Waals surface area (Å²) in [4.78, 5) is 38.2. The van der Waals surface area contributed by atoms with Crippen LogP contribution >= 0.6 is 0 Å². The Morgan fingerprint density at radius 2 is 1.56 bits per heavy atom. The second kappa shape index (κ2) is 10.6. The molecular formula is C25H26O7. The summed E-state index contributed by atoms with van der Waals surface area (Å²) in [5.41, 5.74) is 0.930. The van der Waals surface area contributed by atoms with E-state index >= 15 is 0 Å². The van der Waals surface area contributed by atoms with Gasteiger partial charge in [-0.1, -0.05) is 24.3 Å². The summed E-state index contributed by atoms with van der Waals surface area (Å²) in [6, 6.07) is 15.3. The number of carbonyl (C=O) groups is 2. The third-order valence-electron chi connectivity index (χ3n) is 5.13. The van der Waals surface area contributed by atoms with Crippen LogP contribution in [0.3, 0.4) is 0 Å². The molecule has 0 saturated heterocycles. The molecule has 32 heavy (non-hydrogen) atoms. The minimum Gasteiger partial charge on any atom is -0.497 e. The van der Waals surface area contributed by atoms with Crippen LogP contribution in [0.1, 0.15) is 31.1 Å². The monoisotopic (exact) mass is 438 g/mol. The average molecular weight is 438 g/mol. The summed E-state index contributed by atoms with van der Waals surface area (Å²) in [7, 11) is 1.55. The van der Waals surface area contributed by atoms with Gasteiger partial charge in [-0.3, -0.25) is 14.4 Å². The average Bonchev–Trinajstić information content (AvgIpc) is 2.79. The summed E-state index contributed by atoms with van der Waals surface area (Å²) in [6.45, 7) is 3.58. The molecule has 0 fully saturated rings. The van der Waals surface area contributed by atoms with Crippen molar-refractivity contribution < 1.29 is 28.2 Å². The number of carbonyl (C=O) groups excluding carboxylic acids is 2. The van der Waals surface area contributed by atoms with Crippen molar-refractivity contribution >= 4 is 22.9 Å². The van der Waals surface area contributed by atoms with Crippen molar-refractivity contribution in [2.45, 2.75) is 26.2 Å². The molecule has 1 aromatic heterocycles. The topological polar surface area (TPSA) is 92.0 Å². The van der Waals surface area contributed by atoms with Crippen LogP contribution in [0.4, 0.5) is 0 Å². The van der Waals surface area contributed by atoms with Crippen molar-refractivity contribution in [1.82, 2.24) is 0 Å². The highest BCUT2D eigenvalue weighted by molar-refractivity contribution is 5.96. The molecule has 0 aliphatic carbocycles. The van der Waals surface area contributed by atoms with Crippen LogP contribution in [0.25, 0.3) is 11.0 Å². The van der Waals surface area contributed by atoms with E-state index in [0.29, 0.717) is 28.0 Å². The number of hydrogen-bond acceptors (Lipinski definition) is 7. The van der Waals surface area contributed by atoms with Crippen molar-refractivity contribution in [3.05, 3.63) is 76.1 Å². The molecule has 0 spiro atoms. The summed E-state index contributed by atoms with van der Waals surface area (Å²) in [5, 5.41) is 0.463. The first-order valence-corrected chi connectivity index (χ1v) is 10.5.